The predicted octanol–water partition coefficient (Wildman–Crippen LogP) is 5.06. The van der Waals surface area contributed by atoms with E-state index < -0.39 is 0 Å². The van der Waals surface area contributed by atoms with Gasteiger partial charge in [-0.2, -0.15) is 0 Å². The summed E-state index contributed by atoms with van der Waals surface area (Å²) in [6, 6.07) is 24.5. The van der Waals surface area contributed by atoms with Crippen molar-refractivity contribution in [1.82, 2.24) is 4.90 Å². The maximum atomic E-state index is 12.4. The number of anilines is 3. The molecule has 2 N–H and O–H groups in total. The van der Waals surface area contributed by atoms with Crippen LogP contribution in [0.3, 0.4) is 0 Å². The summed E-state index contributed by atoms with van der Waals surface area (Å²) >= 11 is 3.37. The zero-order valence-corrected chi connectivity index (χ0v) is 18.5. The molecule has 7 heteroatoms. The van der Waals surface area contributed by atoms with Crippen LogP contribution >= 0.6 is 15.9 Å². The lowest BCUT2D eigenvalue weighted by Gasteiger charge is -2.36. The molecule has 0 atom stereocenters. The molecule has 3 aromatic rings. The molecule has 1 aliphatic rings. The van der Waals surface area contributed by atoms with Gasteiger partial charge in [-0.05, 0) is 60.7 Å². The summed E-state index contributed by atoms with van der Waals surface area (Å²) in [6.45, 7) is 2.82. The Morgan fingerprint density at radius 3 is 1.97 bits per heavy atom. The van der Waals surface area contributed by atoms with Crippen LogP contribution < -0.4 is 15.5 Å². The van der Waals surface area contributed by atoms with Gasteiger partial charge in [0.05, 0.1) is 0 Å². The van der Waals surface area contributed by atoms with Gasteiger partial charge in [-0.1, -0.05) is 34.1 Å². The first kappa shape index (κ1) is 20.9. The van der Waals surface area contributed by atoms with Crippen molar-refractivity contribution < 1.29 is 9.59 Å². The zero-order chi connectivity index (χ0) is 21.6. The van der Waals surface area contributed by atoms with Crippen molar-refractivity contribution in [2.75, 3.05) is 41.7 Å². The smallest absolute Gasteiger partial charge is 0.321 e. The average molecular weight is 479 g/mol. The van der Waals surface area contributed by atoms with Gasteiger partial charge in [-0.3, -0.25) is 4.79 Å². The summed E-state index contributed by atoms with van der Waals surface area (Å²) in [5, 5.41) is 5.85. The van der Waals surface area contributed by atoms with Crippen molar-refractivity contribution in [2.45, 2.75) is 0 Å². The quantitative estimate of drug-likeness (QED) is 0.550. The third kappa shape index (κ3) is 5.44. The van der Waals surface area contributed by atoms with Crippen LogP contribution in [0, 0.1) is 0 Å². The van der Waals surface area contributed by atoms with Crippen molar-refractivity contribution in [1.29, 1.82) is 0 Å². The van der Waals surface area contributed by atoms with E-state index in [1.54, 1.807) is 12.1 Å². The third-order valence-electron chi connectivity index (χ3n) is 5.19. The molecule has 4 rings (SSSR count). The molecule has 1 saturated heterocycles. The van der Waals surface area contributed by atoms with E-state index >= 15 is 0 Å². The number of carbonyl (C=O) groups excluding carboxylic acids is 2. The van der Waals surface area contributed by atoms with Gasteiger partial charge in [0.1, 0.15) is 0 Å². The highest BCUT2D eigenvalue weighted by Gasteiger charge is 2.21. The summed E-state index contributed by atoms with van der Waals surface area (Å²) < 4.78 is 0.936. The minimum absolute atomic E-state index is 0.0724. The Hall–Kier alpha value is -3.32. The summed E-state index contributed by atoms with van der Waals surface area (Å²) in [5.74, 6) is -0.140. The topological polar surface area (TPSA) is 64.7 Å². The number of piperazine rings is 1. The lowest BCUT2D eigenvalue weighted by atomic mass is 10.2. The van der Waals surface area contributed by atoms with Crippen LogP contribution in [-0.2, 0) is 0 Å². The fraction of sp³-hybridized carbons (Fsp3) is 0.167. The Bertz CT molecular complexity index is 1030. The molecule has 0 bridgehead atoms. The molecular weight excluding hydrogens is 456 g/mol. The highest BCUT2D eigenvalue weighted by atomic mass is 79.9. The number of nitrogens with zero attached hydrogens (tertiary/aromatic N) is 2. The molecule has 0 radical (unpaired) electrons. The normalized spacial score (nSPS) is 13.6. The van der Waals surface area contributed by atoms with E-state index in [1.807, 2.05) is 71.6 Å². The van der Waals surface area contributed by atoms with Gasteiger partial charge < -0.3 is 20.4 Å². The number of amides is 3. The number of benzene rings is 3. The Morgan fingerprint density at radius 2 is 1.32 bits per heavy atom. The molecule has 3 amide bonds. The predicted molar refractivity (Wildman–Crippen MR) is 128 cm³/mol. The van der Waals surface area contributed by atoms with Crippen molar-refractivity contribution in [3.05, 3.63) is 88.9 Å². The summed E-state index contributed by atoms with van der Waals surface area (Å²) in [7, 11) is 0. The molecule has 0 spiro atoms. The molecule has 6 nitrogen and oxygen atoms in total. The molecular formula is C24H23BrN4O2. The molecule has 1 heterocycles. The van der Waals surface area contributed by atoms with Crippen LogP contribution in [0.1, 0.15) is 10.4 Å². The maximum absolute atomic E-state index is 12.4. The number of halogens is 1. The molecule has 0 aliphatic carbocycles. The van der Waals surface area contributed by atoms with E-state index in [9.17, 15) is 9.59 Å². The first-order valence-corrected chi connectivity index (χ1v) is 10.9. The van der Waals surface area contributed by atoms with Crippen LogP contribution in [0.5, 0.6) is 0 Å². The minimum atomic E-state index is -0.140. The first-order chi connectivity index (χ1) is 15.1. The average Bonchev–Trinajstić information content (AvgIpc) is 2.81. The van der Waals surface area contributed by atoms with Gasteiger partial charge in [-0.15, -0.1) is 0 Å². The van der Waals surface area contributed by atoms with Gasteiger partial charge in [0.25, 0.3) is 5.91 Å². The number of urea groups is 1. The Balaban J connectivity index is 1.29. The second-order valence-electron chi connectivity index (χ2n) is 7.28. The summed E-state index contributed by atoms with van der Waals surface area (Å²) in [6.07, 6.45) is 0. The number of carbonyl (C=O) groups is 2. The second-order valence-corrected chi connectivity index (χ2v) is 8.19. The van der Waals surface area contributed by atoms with Crippen LogP contribution in [0.2, 0.25) is 0 Å². The van der Waals surface area contributed by atoms with E-state index in [-0.39, 0.29) is 11.9 Å². The van der Waals surface area contributed by atoms with Gasteiger partial charge in [-0.25, -0.2) is 4.79 Å². The van der Waals surface area contributed by atoms with Crippen molar-refractivity contribution in [3.63, 3.8) is 0 Å². The number of para-hydroxylation sites is 1. The summed E-state index contributed by atoms with van der Waals surface area (Å²) in [4.78, 5) is 28.9. The van der Waals surface area contributed by atoms with Gasteiger partial charge in [0.15, 0.2) is 0 Å². The highest BCUT2D eigenvalue weighted by molar-refractivity contribution is 9.10. The van der Waals surface area contributed by atoms with Crippen LogP contribution in [-0.4, -0.2) is 43.0 Å². The fourth-order valence-corrected chi connectivity index (χ4v) is 3.72. The van der Waals surface area contributed by atoms with Crippen LogP contribution in [0.4, 0.5) is 21.9 Å². The number of nitrogens with one attached hydrogen (secondary N) is 2. The Morgan fingerprint density at radius 1 is 0.710 bits per heavy atom. The van der Waals surface area contributed by atoms with Crippen LogP contribution in [0.25, 0.3) is 0 Å². The van der Waals surface area contributed by atoms with Crippen molar-refractivity contribution in [2.24, 2.45) is 0 Å². The first-order valence-electron chi connectivity index (χ1n) is 10.1. The Kier molecular flexibility index (Phi) is 6.52. The van der Waals surface area contributed by atoms with E-state index in [4.69, 9.17) is 0 Å². The second kappa shape index (κ2) is 9.66. The SMILES string of the molecule is O=C(Nc1ccc(N2CCN(C(=O)Nc3ccccc3)CC2)cc1)c1ccc(Br)cc1. The standard InChI is InChI=1S/C24H23BrN4O2/c25-19-8-6-18(7-9-19)23(30)26-21-10-12-22(13-11-21)28-14-16-29(17-15-28)24(31)27-20-4-2-1-3-5-20/h1-13H,14-17H2,(H,26,30)(H,27,31). The van der Waals surface area contributed by atoms with Crippen molar-refractivity contribution in [3.8, 4) is 0 Å². The fourth-order valence-electron chi connectivity index (χ4n) is 3.45. The lowest BCUT2D eigenvalue weighted by molar-refractivity contribution is 0.102. The molecule has 0 aromatic heterocycles. The molecule has 31 heavy (non-hydrogen) atoms. The van der Waals surface area contributed by atoms with Gasteiger partial charge >= 0.3 is 6.03 Å². The molecule has 0 unspecified atom stereocenters. The van der Waals surface area contributed by atoms with E-state index in [0.29, 0.717) is 18.7 Å². The zero-order valence-electron chi connectivity index (χ0n) is 16.9. The van der Waals surface area contributed by atoms with E-state index in [1.165, 1.54) is 0 Å². The monoisotopic (exact) mass is 478 g/mol. The molecule has 1 aliphatic heterocycles. The largest absolute Gasteiger partial charge is 0.368 e. The number of hydrogen-bond acceptors (Lipinski definition) is 3. The van der Waals surface area contributed by atoms with Crippen molar-refractivity contribution >= 4 is 44.9 Å². The number of rotatable bonds is 4. The van der Waals surface area contributed by atoms with Gasteiger partial charge in [0, 0.05) is 53.3 Å². The highest BCUT2D eigenvalue weighted by Crippen LogP contribution is 2.21. The maximum Gasteiger partial charge on any atom is 0.321 e. The third-order valence-corrected chi connectivity index (χ3v) is 5.72. The van der Waals surface area contributed by atoms with Crippen LogP contribution in [0.15, 0.2) is 83.3 Å². The number of hydrogen-bond donors (Lipinski definition) is 2. The molecule has 1 fully saturated rings. The molecule has 158 valence electrons. The molecule has 0 saturated carbocycles. The minimum Gasteiger partial charge on any atom is -0.368 e. The lowest BCUT2D eigenvalue weighted by Crippen LogP contribution is -2.50. The van der Waals surface area contributed by atoms with Gasteiger partial charge in [0.2, 0.25) is 0 Å². The summed E-state index contributed by atoms with van der Waals surface area (Å²) in [5.41, 5.74) is 3.23. The van der Waals surface area contributed by atoms with E-state index in [0.717, 1.165) is 34.6 Å². The van der Waals surface area contributed by atoms with E-state index in [2.05, 4.69) is 31.5 Å². The molecule has 3 aromatic carbocycles. The Labute approximate surface area is 190 Å².